The van der Waals surface area contributed by atoms with Crippen LogP contribution < -0.4 is 4.74 Å². The third-order valence-corrected chi connectivity index (χ3v) is 3.34. The Morgan fingerprint density at radius 3 is 2.82 bits per heavy atom. The van der Waals surface area contributed by atoms with Gasteiger partial charge in [-0.15, -0.1) is 0 Å². The third kappa shape index (κ3) is 2.50. The molecule has 0 unspecified atom stereocenters. The van der Waals surface area contributed by atoms with E-state index < -0.39 is 0 Å². The Hall–Kier alpha value is -1.35. The third-order valence-electron chi connectivity index (χ3n) is 3.34. The van der Waals surface area contributed by atoms with Crippen molar-refractivity contribution >= 4 is 5.78 Å². The minimum atomic E-state index is 0.152. The molecule has 0 aromatic heterocycles. The summed E-state index contributed by atoms with van der Waals surface area (Å²) in [6, 6.07) is 5.75. The summed E-state index contributed by atoms with van der Waals surface area (Å²) in [6.45, 7) is 0.960. The molecule has 0 saturated carbocycles. The average Bonchev–Trinajstić information content (AvgIpc) is 2.63. The average molecular weight is 233 g/mol. The first kappa shape index (κ1) is 12.1. The maximum Gasteiger partial charge on any atom is 0.166 e. The van der Waals surface area contributed by atoms with Gasteiger partial charge in [0.1, 0.15) is 5.75 Å². The van der Waals surface area contributed by atoms with E-state index in [0.717, 1.165) is 36.3 Å². The predicted molar refractivity (Wildman–Crippen MR) is 67.7 cm³/mol. The first-order valence-corrected chi connectivity index (χ1v) is 5.97. The van der Waals surface area contributed by atoms with Crippen molar-refractivity contribution in [1.29, 1.82) is 0 Å². The van der Waals surface area contributed by atoms with Crippen molar-refractivity contribution in [2.45, 2.75) is 12.8 Å². The van der Waals surface area contributed by atoms with Gasteiger partial charge in [0.15, 0.2) is 5.78 Å². The number of ether oxygens (including phenoxy) is 1. The number of hydrogen-bond acceptors (Lipinski definition) is 3. The molecule has 1 aromatic carbocycles. The number of fused-ring (bicyclic) bond motifs is 1. The lowest BCUT2D eigenvalue weighted by molar-refractivity contribution is 0.0925. The fourth-order valence-electron chi connectivity index (χ4n) is 2.33. The van der Waals surface area contributed by atoms with Gasteiger partial charge in [0.2, 0.25) is 0 Å². The molecule has 0 bridgehead atoms. The standard InChI is InChI=1S/C14H19NO2/c1-15(2)7-6-10-8-11-9-12(17-3)4-5-13(11)14(10)16/h4-5,9-10H,6-8H2,1-3H3/t10-/m0/s1. The fraction of sp³-hybridized carbons (Fsp3) is 0.500. The molecule has 0 spiro atoms. The zero-order chi connectivity index (χ0) is 12.4. The second-order valence-electron chi connectivity index (χ2n) is 4.88. The smallest absolute Gasteiger partial charge is 0.166 e. The van der Waals surface area contributed by atoms with Gasteiger partial charge < -0.3 is 9.64 Å². The van der Waals surface area contributed by atoms with Gasteiger partial charge in [-0.2, -0.15) is 0 Å². The van der Waals surface area contributed by atoms with Crippen LogP contribution in [0.2, 0.25) is 0 Å². The van der Waals surface area contributed by atoms with E-state index in [1.54, 1.807) is 7.11 Å². The number of carbonyl (C=O) groups is 1. The molecule has 1 aliphatic carbocycles. The number of ketones is 1. The first-order valence-electron chi connectivity index (χ1n) is 5.97. The van der Waals surface area contributed by atoms with Gasteiger partial charge >= 0.3 is 0 Å². The van der Waals surface area contributed by atoms with Crippen molar-refractivity contribution < 1.29 is 9.53 Å². The van der Waals surface area contributed by atoms with E-state index in [-0.39, 0.29) is 5.92 Å². The molecule has 17 heavy (non-hydrogen) atoms. The van der Waals surface area contributed by atoms with Crippen molar-refractivity contribution in [3.63, 3.8) is 0 Å². The van der Waals surface area contributed by atoms with Gasteiger partial charge in [-0.25, -0.2) is 0 Å². The summed E-state index contributed by atoms with van der Waals surface area (Å²) in [5, 5.41) is 0. The van der Waals surface area contributed by atoms with E-state index in [1.165, 1.54) is 0 Å². The number of carbonyl (C=O) groups excluding carboxylic acids is 1. The topological polar surface area (TPSA) is 29.5 Å². The molecule has 0 fully saturated rings. The molecule has 92 valence electrons. The summed E-state index contributed by atoms with van der Waals surface area (Å²) in [5.74, 6) is 1.29. The van der Waals surface area contributed by atoms with Gasteiger partial charge in [0, 0.05) is 11.5 Å². The highest BCUT2D eigenvalue weighted by molar-refractivity contribution is 6.02. The first-order chi connectivity index (χ1) is 8.11. The molecule has 0 aliphatic heterocycles. The van der Waals surface area contributed by atoms with E-state index in [4.69, 9.17) is 4.74 Å². The molecule has 0 heterocycles. The van der Waals surface area contributed by atoms with Crippen LogP contribution in [0.25, 0.3) is 0 Å². The molecule has 1 aliphatic rings. The monoisotopic (exact) mass is 233 g/mol. The van der Waals surface area contributed by atoms with Crippen LogP contribution in [0.3, 0.4) is 0 Å². The number of rotatable bonds is 4. The van der Waals surface area contributed by atoms with E-state index >= 15 is 0 Å². The Balaban J connectivity index is 2.12. The molecule has 3 nitrogen and oxygen atoms in total. The van der Waals surface area contributed by atoms with Crippen molar-refractivity contribution in [2.75, 3.05) is 27.7 Å². The molecule has 0 saturated heterocycles. The minimum absolute atomic E-state index is 0.152. The largest absolute Gasteiger partial charge is 0.497 e. The lowest BCUT2D eigenvalue weighted by Gasteiger charge is -2.12. The fourth-order valence-corrected chi connectivity index (χ4v) is 2.33. The van der Waals surface area contributed by atoms with E-state index in [2.05, 4.69) is 4.90 Å². The van der Waals surface area contributed by atoms with Crippen LogP contribution in [-0.4, -0.2) is 38.4 Å². The highest BCUT2D eigenvalue weighted by Gasteiger charge is 2.30. The zero-order valence-corrected chi connectivity index (χ0v) is 10.7. The zero-order valence-electron chi connectivity index (χ0n) is 10.7. The van der Waals surface area contributed by atoms with Gasteiger partial charge in [-0.05, 0) is 57.2 Å². The SMILES string of the molecule is COc1ccc2c(c1)C[C@H](CCN(C)C)C2=O. The van der Waals surface area contributed by atoms with Crippen LogP contribution in [-0.2, 0) is 6.42 Å². The highest BCUT2D eigenvalue weighted by Crippen LogP contribution is 2.31. The molecule has 1 atom stereocenters. The molecule has 2 rings (SSSR count). The van der Waals surface area contributed by atoms with Gasteiger partial charge in [-0.1, -0.05) is 0 Å². The summed E-state index contributed by atoms with van der Waals surface area (Å²) in [6.07, 6.45) is 1.79. The maximum atomic E-state index is 12.1. The second kappa shape index (κ2) is 4.88. The molecule has 0 amide bonds. The molecule has 0 radical (unpaired) electrons. The number of Topliss-reactive ketones (excluding diaryl/α,β-unsaturated/α-hetero) is 1. The van der Waals surface area contributed by atoms with Gasteiger partial charge in [0.05, 0.1) is 7.11 Å². The van der Waals surface area contributed by atoms with Crippen LogP contribution in [0.5, 0.6) is 5.75 Å². The number of nitrogens with zero attached hydrogens (tertiary/aromatic N) is 1. The lowest BCUT2D eigenvalue weighted by atomic mass is 10.0. The number of hydrogen-bond donors (Lipinski definition) is 0. The normalized spacial score (nSPS) is 18.6. The summed E-state index contributed by atoms with van der Waals surface area (Å²) >= 11 is 0. The molecule has 3 heteroatoms. The predicted octanol–water partition coefficient (Wildman–Crippen LogP) is 2.00. The van der Waals surface area contributed by atoms with E-state index in [0.29, 0.717) is 5.78 Å². The van der Waals surface area contributed by atoms with Crippen LogP contribution in [0, 0.1) is 5.92 Å². The molecular formula is C14H19NO2. The van der Waals surface area contributed by atoms with Crippen molar-refractivity contribution in [1.82, 2.24) is 4.90 Å². The Morgan fingerprint density at radius 1 is 1.41 bits per heavy atom. The summed E-state index contributed by atoms with van der Waals surface area (Å²) in [4.78, 5) is 14.3. The van der Waals surface area contributed by atoms with Gasteiger partial charge in [0.25, 0.3) is 0 Å². The minimum Gasteiger partial charge on any atom is -0.497 e. The van der Waals surface area contributed by atoms with E-state index in [9.17, 15) is 4.79 Å². The Kier molecular flexibility index (Phi) is 3.48. The molecule has 1 aromatic rings. The maximum absolute atomic E-state index is 12.1. The van der Waals surface area contributed by atoms with E-state index in [1.807, 2.05) is 32.3 Å². The Bertz CT molecular complexity index is 426. The number of benzene rings is 1. The molecular weight excluding hydrogens is 214 g/mol. The van der Waals surface area contributed by atoms with Crippen LogP contribution >= 0.6 is 0 Å². The quantitative estimate of drug-likeness (QED) is 0.796. The Morgan fingerprint density at radius 2 is 2.18 bits per heavy atom. The van der Waals surface area contributed by atoms with Gasteiger partial charge in [-0.3, -0.25) is 4.79 Å². The van der Waals surface area contributed by atoms with Crippen LogP contribution in [0.4, 0.5) is 0 Å². The van der Waals surface area contributed by atoms with Crippen LogP contribution in [0.15, 0.2) is 18.2 Å². The summed E-state index contributed by atoms with van der Waals surface area (Å²) in [5.41, 5.74) is 2.02. The van der Waals surface area contributed by atoms with Crippen LogP contribution in [0.1, 0.15) is 22.3 Å². The van der Waals surface area contributed by atoms with Crippen molar-refractivity contribution in [2.24, 2.45) is 5.92 Å². The lowest BCUT2D eigenvalue weighted by Crippen LogP contribution is -2.19. The Labute approximate surface area is 102 Å². The number of methoxy groups -OCH3 is 1. The summed E-state index contributed by atoms with van der Waals surface area (Å²) < 4.78 is 5.19. The summed E-state index contributed by atoms with van der Waals surface area (Å²) in [7, 11) is 5.73. The second-order valence-corrected chi connectivity index (χ2v) is 4.88. The molecule has 0 N–H and O–H groups in total. The van der Waals surface area contributed by atoms with Crippen molar-refractivity contribution in [3.05, 3.63) is 29.3 Å². The highest BCUT2D eigenvalue weighted by atomic mass is 16.5. The van der Waals surface area contributed by atoms with Crippen molar-refractivity contribution in [3.8, 4) is 5.75 Å².